The number of carboxylic acid groups (broad SMARTS) is 1. The van der Waals surface area contributed by atoms with Gasteiger partial charge in [0.05, 0.1) is 94.5 Å². The number of aromatic nitrogens is 2. The number of aliphatic hydroxyl groups excluding tert-OH is 2. The number of benzene rings is 2. The number of ether oxygens (including phenoxy) is 6. The molecular weight excluding hydrogens is 1420 g/mol. The van der Waals surface area contributed by atoms with Gasteiger partial charge in [0.25, 0.3) is 11.8 Å². The quantitative estimate of drug-likeness (QED) is 0.0377. The number of carbonyl (C=O) groups excluding carboxylic acids is 5. The van der Waals surface area contributed by atoms with E-state index in [1.807, 2.05) is 26.0 Å². The molecular formula is C62H81Br2ClN8O19S2. The lowest BCUT2D eigenvalue weighted by Crippen LogP contribution is -2.57. The van der Waals surface area contributed by atoms with Gasteiger partial charge in [-0.05, 0) is 136 Å². The highest BCUT2D eigenvalue weighted by atomic mass is 79.9. The summed E-state index contributed by atoms with van der Waals surface area (Å²) in [5.41, 5.74) is -3.88. The van der Waals surface area contributed by atoms with Gasteiger partial charge in [0.15, 0.2) is 0 Å². The van der Waals surface area contributed by atoms with Crippen molar-refractivity contribution >= 4 is 122 Å². The number of nitrogens with one attached hydrogen (secondary N) is 5. The van der Waals surface area contributed by atoms with Crippen LogP contribution in [0.25, 0.3) is 21.8 Å². The van der Waals surface area contributed by atoms with Crippen molar-refractivity contribution < 1.29 is 89.3 Å². The first-order chi connectivity index (χ1) is 43.8. The Balaban J connectivity index is 0.000000238. The second kappa shape index (κ2) is 29.8. The normalized spacial score (nSPS) is 23.7. The van der Waals surface area contributed by atoms with E-state index in [9.17, 15) is 50.7 Å². The molecule has 4 saturated carbocycles. The zero-order chi connectivity index (χ0) is 68.3. The lowest BCUT2D eigenvalue weighted by molar-refractivity contribution is -0.149. The van der Waals surface area contributed by atoms with E-state index in [1.165, 1.54) is 31.9 Å². The van der Waals surface area contributed by atoms with Gasteiger partial charge in [-0.1, -0.05) is 12.2 Å². The number of methoxy groups -OCH3 is 2. The smallest absolute Gasteiger partial charge is 0.311 e. The van der Waals surface area contributed by atoms with Crippen LogP contribution < -0.4 is 53.8 Å². The fourth-order valence-corrected chi connectivity index (χ4v) is 14.5. The van der Waals surface area contributed by atoms with Crippen LogP contribution in [0.4, 0.5) is 0 Å². The Bertz CT molecular complexity index is 3820. The first-order valence-electron chi connectivity index (χ1n) is 30.3. The van der Waals surface area contributed by atoms with E-state index in [-0.39, 0.29) is 50.4 Å². The van der Waals surface area contributed by atoms with Gasteiger partial charge >= 0.3 is 5.97 Å². The summed E-state index contributed by atoms with van der Waals surface area (Å²) in [6.45, 7) is 17.6. The minimum absolute atomic E-state index is 0. The zero-order valence-electron chi connectivity index (χ0n) is 53.2. The number of hydrogen-bond donors (Lipinski definition) is 8. The molecule has 0 spiro atoms. The standard InChI is InChI=1S/C31H39BrN4O9S.C26H31BrN4O7S.C5H10O3.ClH/c1-6-17-14-31(17,28(39)35-46(41,42)19-8-9-19)34-27(38)21-12-18(15-36(21)29(40)30(3,4)16-37)45-23-13-24(44-7-2)33-26-20(23)10-11-22(43-5)25(26)32;1-4-14-12-26(14,25(33)31-39(34,35)16-6-7-16)30-24(32)18-10-15(13-28-18)38-20-11-21(37-5-2)29-23-17(20)8-9-19(36-3)22(23)27;1-5(2,3-6)4(7)8;/h6,10-11,13,17-19,21,37H,1,7-9,12,14-16H2,2-5H3,(H,34,38)(H,35,39);4,8-9,11,14-16,18,28H,1,5-7,10,12-13H2,2-3H3,(H,30,32)(H,31,33);6H,3H2,1-2H3,(H,7,8);1H/t17?,18-,21+,31-;14?,15-,18+,26-;;/m11../s1. The summed E-state index contributed by atoms with van der Waals surface area (Å²) in [6, 6.07) is 8.85. The Kier molecular flexibility index (Phi) is 23.7. The number of amides is 5. The minimum Gasteiger partial charge on any atom is -0.495 e. The van der Waals surface area contributed by atoms with Crippen LogP contribution in [0.2, 0.25) is 0 Å². The van der Waals surface area contributed by atoms with Crippen molar-refractivity contribution in [1.82, 2.24) is 40.3 Å². The third-order valence-corrected chi connectivity index (χ3v) is 22.1. The molecule has 4 aliphatic carbocycles. The molecule has 94 heavy (non-hydrogen) atoms. The van der Waals surface area contributed by atoms with Gasteiger partial charge in [0.1, 0.15) is 52.3 Å². The van der Waals surface area contributed by atoms with Crippen LogP contribution in [-0.2, 0) is 48.8 Å². The number of hydrogen-bond acceptors (Lipinski definition) is 21. The highest BCUT2D eigenvalue weighted by molar-refractivity contribution is 9.11. The first kappa shape index (κ1) is 74.8. The van der Waals surface area contributed by atoms with Crippen molar-refractivity contribution in [3.63, 3.8) is 0 Å². The van der Waals surface area contributed by atoms with Gasteiger partial charge < -0.3 is 64.6 Å². The highest BCUT2D eigenvalue weighted by Crippen LogP contribution is 2.48. The summed E-state index contributed by atoms with van der Waals surface area (Å²) in [5, 5.41) is 35.6. The molecule has 2 aliphatic heterocycles. The van der Waals surface area contributed by atoms with Crippen molar-refractivity contribution in [1.29, 1.82) is 0 Å². The van der Waals surface area contributed by atoms with E-state index in [0.717, 1.165) is 5.39 Å². The van der Waals surface area contributed by atoms with Crippen LogP contribution in [0.15, 0.2) is 70.7 Å². The third kappa shape index (κ3) is 16.4. The van der Waals surface area contributed by atoms with Crippen molar-refractivity contribution in [3.8, 4) is 34.8 Å². The summed E-state index contributed by atoms with van der Waals surface area (Å²) in [7, 11) is -4.49. The van der Waals surface area contributed by atoms with Gasteiger partial charge in [-0.2, -0.15) is 0 Å². The van der Waals surface area contributed by atoms with E-state index < -0.39 is 119 Å². The van der Waals surface area contributed by atoms with Crippen LogP contribution >= 0.6 is 44.3 Å². The molecule has 6 fully saturated rings. The van der Waals surface area contributed by atoms with E-state index in [4.69, 9.17) is 38.6 Å². The van der Waals surface area contributed by atoms with E-state index in [2.05, 4.69) is 80.4 Å². The molecule has 516 valence electrons. The van der Waals surface area contributed by atoms with Gasteiger partial charge in [-0.15, -0.1) is 25.6 Å². The molecule has 5 amide bonds. The fraction of sp³-hybridized carbons (Fsp3) is 0.548. The molecule has 6 aliphatic rings. The monoisotopic (exact) mass is 1500 g/mol. The van der Waals surface area contributed by atoms with Gasteiger partial charge in [0, 0.05) is 54.1 Å². The predicted octanol–water partition coefficient (Wildman–Crippen LogP) is 5.14. The Labute approximate surface area is 568 Å². The molecule has 4 aromatic rings. The van der Waals surface area contributed by atoms with Gasteiger partial charge in [-0.25, -0.2) is 26.8 Å². The Morgan fingerprint density at radius 1 is 0.691 bits per heavy atom. The molecule has 27 nitrogen and oxygen atoms in total. The number of pyridine rings is 2. The Morgan fingerprint density at radius 3 is 1.50 bits per heavy atom. The minimum atomic E-state index is -3.86. The SMILES string of the molecule is C=CC1C[C@]1(NC(=O)[C@@H]1C[C@@H](Oc2cc(OCC)nc3c(Br)c(OC)ccc23)CN1)C(=O)NS(=O)(=O)C1CC1.C=CC1C[C@]1(NC(=O)[C@@H]1C[C@@H](Oc2cc(OCC)nc3c(Br)c(OC)ccc23)CN1C(=O)C(C)(C)CO)C(=O)NS(=O)(=O)C1CC1.CC(C)(CO)C(=O)O.Cl. The average molecular weight is 1500 g/mol. The maximum atomic E-state index is 13.9. The molecule has 4 heterocycles. The molecule has 0 radical (unpaired) electrons. The van der Waals surface area contributed by atoms with E-state index in [0.29, 0.717) is 118 Å². The zero-order valence-corrected chi connectivity index (χ0v) is 58.9. The maximum absolute atomic E-state index is 13.9. The predicted molar refractivity (Wildman–Crippen MR) is 355 cm³/mol. The lowest BCUT2D eigenvalue weighted by atomic mass is 9.92. The Morgan fingerprint density at radius 2 is 1.13 bits per heavy atom. The molecule has 2 unspecified atom stereocenters. The molecule has 10 rings (SSSR count). The van der Waals surface area contributed by atoms with Crippen LogP contribution in [0.1, 0.15) is 92.9 Å². The first-order valence-corrected chi connectivity index (χ1v) is 34.9. The second-order valence-electron chi connectivity index (χ2n) is 24.9. The molecule has 2 aromatic carbocycles. The van der Waals surface area contributed by atoms with E-state index >= 15 is 0 Å². The number of rotatable bonds is 26. The average Bonchev–Trinajstić information content (AvgIpc) is 1.59. The van der Waals surface area contributed by atoms with Gasteiger partial charge in [-0.3, -0.25) is 38.2 Å². The van der Waals surface area contributed by atoms with Crippen molar-refractivity contribution in [2.45, 2.75) is 139 Å². The topological polar surface area (TPSA) is 376 Å². The summed E-state index contributed by atoms with van der Waals surface area (Å²) in [4.78, 5) is 87.7. The summed E-state index contributed by atoms with van der Waals surface area (Å²) >= 11 is 7.09. The Hall–Kier alpha value is -6.61. The van der Waals surface area contributed by atoms with Crippen LogP contribution in [0, 0.1) is 22.7 Å². The van der Waals surface area contributed by atoms with E-state index in [1.54, 1.807) is 51.3 Å². The van der Waals surface area contributed by atoms with Crippen molar-refractivity contribution in [3.05, 3.63) is 70.7 Å². The molecule has 8 atom stereocenters. The number of carboxylic acids is 1. The third-order valence-electron chi connectivity index (χ3n) is 16.9. The number of fused-ring (bicyclic) bond motifs is 2. The fourth-order valence-electron chi connectivity index (χ4n) is 10.6. The number of aliphatic hydroxyl groups is 2. The van der Waals surface area contributed by atoms with Crippen molar-refractivity contribution in [2.24, 2.45) is 22.7 Å². The van der Waals surface area contributed by atoms with Crippen LogP contribution in [0.3, 0.4) is 0 Å². The summed E-state index contributed by atoms with van der Waals surface area (Å²) in [5.74, 6) is -2.04. The number of likely N-dealkylation sites (tertiary alicyclic amines) is 1. The summed E-state index contributed by atoms with van der Waals surface area (Å²) < 4.78 is 90.2. The molecule has 8 N–H and O–H groups in total. The number of aliphatic carboxylic acids is 1. The maximum Gasteiger partial charge on any atom is 0.311 e. The van der Waals surface area contributed by atoms with Crippen LogP contribution in [-0.4, -0.2) is 182 Å². The lowest BCUT2D eigenvalue weighted by Gasteiger charge is -2.32. The summed E-state index contributed by atoms with van der Waals surface area (Å²) in [6.07, 6.45) is 4.90. The van der Waals surface area contributed by atoms with Crippen LogP contribution in [0.5, 0.6) is 34.8 Å². The number of halogens is 3. The largest absolute Gasteiger partial charge is 0.495 e. The number of carbonyl (C=O) groups is 6. The van der Waals surface area contributed by atoms with Gasteiger partial charge in [0.2, 0.25) is 49.5 Å². The molecule has 2 aromatic heterocycles. The number of nitrogens with zero attached hydrogens (tertiary/aromatic N) is 3. The highest BCUT2D eigenvalue weighted by Gasteiger charge is 2.63. The molecule has 32 heteroatoms. The molecule has 2 saturated heterocycles. The van der Waals surface area contributed by atoms with Crippen molar-refractivity contribution in [2.75, 3.05) is 53.7 Å². The second-order valence-corrected chi connectivity index (χ2v) is 30.4. The molecule has 0 bridgehead atoms. The number of sulfonamides is 2.